The van der Waals surface area contributed by atoms with Gasteiger partial charge < -0.3 is 14.1 Å². The Bertz CT molecular complexity index is 802. The highest BCUT2D eigenvalue weighted by molar-refractivity contribution is 8.00. The van der Waals surface area contributed by atoms with Gasteiger partial charge in [-0.3, -0.25) is 9.59 Å². The topological polar surface area (TPSA) is 72.6 Å². The minimum Gasteiger partial charge on any atom is -0.466 e. The van der Waals surface area contributed by atoms with Crippen LogP contribution in [0.3, 0.4) is 0 Å². The number of nitrogens with zero attached hydrogens (tertiary/aromatic N) is 2. The number of amides is 1. The minimum atomic E-state index is -0.322. The molecule has 1 aromatic heterocycles. The number of hydrogen-bond acceptors (Lipinski definition) is 6. The lowest BCUT2D eigenvalue weighted by Gasteiger charge is -2.32. The number of esters is 1. The maximum absolute atomic E-state index is 12.7. The van der Waals surface area contributed by atoms with Crippen molar-refractivity contribution in [1.29, 1.82) is 0 Å². The van der Waals surface area contributed by atoms with Crippen LogP contribution in [-0.4, -0.2) is 46.7 Å². The number of rotatable bonds is 5. The highest BCUT2D eigenvalue weighted by atomic mass is 35.5. The van der Waals surface area contributed by atoms with Crippen LogP contribution in [0.4, 0.5) is 0 Å². The van der Waals surface area contributed by atoms with Gasteiger partial charge in [-0.1, -0.05) is 23.4 Å². The van der Waals surface area contributed by atoms with Gasteiger partial charge in [-0.05, 0) is 44.9 Å². The van der Waals surface area contributed by atoms with E-state index in [4.69, 9.17) is 20.8 Å². The normalized spacial score (nSPS) is 16.7. The van der Waals surface area contributed by atoms with Crippen LogP contribution in [0.5, 0.6) is 0 Å². The van der Waals surface area contributed by atoms with Crippen molar-refractivity contribution in [2.75, 3.05) is 19.7 Å². The summed E-state index contributed by atoms with van der Waals surface area (Å²) in [6, 6.07) is 5.24. The highest BCUT2D eigenvalue weighted by Crippen LogP contribution is 2.30. The summed E-state index contributed by atoms with van der Waals surface area (Å²) in [5.74, 6) is -0.242. The average Bonchev–Trinajstić information content (AvgIpc) is 3.02. The summed E-state index contributed by atoms with van der Waals surface area (Å²) < 4.78 is 10.7. The fraction of sp³-hybridized carbons (Fsp3) is 0.500. The van der Waals surface area contributed by atoms with Gasteiger partial charge in [0.1, 0.15) is 5.52 Å². The molecule has 2 heterocycles. The number of oxazole rings is 1. The summed E-state index contributed by atoms with van der Waals surface area (Å²) >= 11 is 7.25. The molecule has 1 aliphatic heterocycles. The highest BCUT2D eigenvalue weighted by Gasteiger charge is 2.30. The van der Waals surface area contributed by atoms with Gasteiger partial charge in [0, 0.05) is 18.1 Å². The third kappa shape index (κ3) is 4.32. The van der Waals surface area contributed by atoms with Crippen molar-refractivity contribution in [3.05, 3.63) is 23.2 Å². The second kappa shape index (κ2) is 8.31. The van der Waals surface area contributed by atoms with Crippen molar-refractivity contribution in [2.24, 2.45) is 5.92 Å². The summed E-state index contributed by atoms with van der Waals surface area (Å²) in [5, 5.41) is 0.721. The first kappa shape index (κ1) is 19.0. The Kier molecular flexibility index (Phi) is 6.09. The molecule has 1 saturated heterocycles. The number of carbonyl (C=O) groups is 2. The number of hydrogen-bond donors (Lipinski definition) is 0. The molecule has 0 bridgehead atoms. The quantitative estimate of drug-likeness (QED) is 0.566. The smallest absolute Gasteiger partial charge is 0.309 e. The molecule has 3 rings (SSSR count). The molecule has 140 valence electrons. The van der Waals surface area contributed by atoms with Crippen LogP contribution < -0.4 is 0 Å². The number of likely N-dealkylation sites (tertiary alicyclic amines) is 1. The molecular weight excluding hydrogens is 376 g/mol. The summed E-state index contributed by atoms with van der Waals surface area (Å²) in [6.45, 7) is 5.16. The van der Waals surface area contributed by atoms with E-state index in [1.807, 2.05) is 6.92 Å². The Labute approximate surface area is 161 Å². The SMILES string of the molecule is CCOC(=O)C1CCN(C(=O)C(C)Sc2nc3cc(Cl)ccc3o2)CC1. The van der Waals surface area contributed by atoms with E-state index in [1.54, 1.807) is 30.0 Å². The van der Waals surface area contributed by atoms with Gasteiger partial charge in [-0.15, -0.1) is 0 Å². The molecule has 6 nitrogen and oxygen atoms in total. The summed E-state index contributed by atoms with van der Waals surface area (Å²) in [6.07, 6.45) is 1.28. The van der Waals surface area contributed by atoms with Crippen LogP contribution in [-0.2, 0) is 14.3 Å². The van der Waals surface area contributed by atoms with Gasteiger partial charge in [0.2, 0.25) is 5.91 Å². The molecule has 0 saturated carbocycles. The van der Waals surface area contributed by atoms with Crippen LogP contribution in [0.2, 0.25) is 5.02 Å². The lowest BCUT2D eigenvalue weighted by Crippen LogP contribution is -2.43. The Hall–Kier alpha value is -1.73. The van der Waals surface area contributed by atoms with Gasteiger partial charge in [0.25, 0.3) is 5.22 Å². The zero-order valence-corrected chi connectivity index (χ0v) is 16.3. The molecule has 26 heavy (non-hydrogen) atoms. The summed E-state index contributed by atoms with van der Waals surface area (Å²) in [7, 11) is 0. The largest absolute Gasteiger partial charge is 0.466 e. The Balaban J connectivity index is 1.57. The molecule has 0 radical (unpaired) electrons. The molecule has 1 aromatic carbocycles. The van der Waals surface area contributed by atoms with E-state index in [0.717, 1.165) is 0 Å². The third-order valence-electron chi connectivity index (χ3n) is 4.38. The maximum atomic E-state index is 12.7. The number of aromatic nitrogens is 1. The molecule has 0 N–H and O–H groups in total. The van der Waals surface area contributed by atoms with Gasteiger partial charge in [-0.2, -0.15) is 0 Å². The van der Waals surface area contributed by atoms with Crippen molar-refractivity contribution < 1.29 is 18.7 Å². The van der Waals surface area contributed by atoms with Crippen molar-refractivity contribution in [3.63, 3.8) is 0 Å². The molecular formula is C18H21ClN2O4S. The Morgan fingerprint density at radius 3 is 2.85 bits per heavy atom. The molecule has 1 unspecified atom stereocenters. The van der Waals surface area contributed by atoms with Gasteiger partial charge in [-0.25, -0.2) is 4.98 Å². The minimum absolute atomic E-state index is 0.0256. The van der Waals surface area contributed by atoms with Crippen LogP contribution in [0.15, 0.2) is 27.8 Å². The van der Waals surface area contributed by atoms with Gasteiger partial charge in [0.05, 0.1) is 17.8 Å². The molecule has 8 heteroatoms. The Morgan fingerprint density at radius 2 is 2.15 bits per heavy atom. The monoisotopic (exact) mass is 396 g/mol. The van der Waals surface area contributed by atoms with E-state index in [1.165, 1.54) is 11.8 Å². The molecule has 1 aliphatic rings. The fourth-order valence-corrected chi connectivity index (χ4v) is 3.99. The first-order valence-corrected chi connectivity index (χ1v) is 9.92. The first-order chi connectivity index (χ1) is 12.5. The van der Waals surface area contributed by atoms with Crippen molar-refractivity contribution >= 4 is 46.3 Å². The zero-order valence-electron chi connectivity index (χ0n) is 14.7. The van der Waals surface area contributed by atoms with Gasteiger partial charge in [0.15, 0.2) is 5.58 Å². The van der Waals surface area contributed by atoms with E-state index in [0.29, 0.717) is 53.9 Å². The summed E-state index contributed by atoms with van der Waals surface area (Å²) in [5.41, 5.74) is 1.32. The number of halogens is 1. The van der Waals surface area contributed by atoms with E-state index in [-0.39, 0.29) is 23.0 Å². The van der Waals surface area contributed by atoms with Crippen molar-refractivity contribution in [2.45, 2.75) is 37.2 Å². The lowest BCUT2D eigenvalue weighted by atomic mass is 9.97. The first-order valence-electron chi connectivity index (χ1n) is 8.66. The Morgan fingerprint density at radius 1 is 1.42 bits per heavy atom. The second-order valence-electron chi connectivity index (χ2n) is 6.20. The predicted octanol–water partition coefficient (Wildman–Crippen LogP) is 3.76. The van der Waals surface area contributed by atoms with Crippen molar-refractivity contribution in [3.8, 4) is 0 Å². The standard InChI is InChI=1S/C18H21ClN2O4S/c1-3-24-17(23)12-6-8-21(9-7-12)16(22)11(2)26-18-20-14-10-13(19)4-5-15(14)25-18/h4-5,10-12H,3,6-9H2,1-2H3. The molecule has 2 aromatic rings. The predicted molar refractivity (Wildman–Crippen MR) is 100 cm³/mol. The lowest BCUT2D eigenvalue weighted by molar-refractivity contribution is -0.151. The fourth-order valence-electron chi connectivity index (χ4n) is 2.98. The van der Waals surface area contributed by atoms with Gasteiger partial charge >= 0.3 is 5.97 Å². The maximum Gasteiger partial charge on any atom is 0.309 e. The van der Waals surface area contributed by atoms with Crippen molar-refractivity contribution in [1.82, 2.24) is 9.88 Å². The zero-order chi connectivity index (χ0) is 18.7. The molecule has 0 aliphatic carbocycles. The molecule has 0 spiro atoms. The number of benzene rings is 1. The van der Waals surface area contributed by atoms with E-state index in [9.17, 15) is 9.59 Å². The van der Waals surface area contributed by atoms with Crippen LogP contribution >= 0.6 is 23.4 Å². The third-order valence-corrected chi connectivity index (χ3v) is 5.55. The van der Waals surface area contributed by atoms with Crippen LogP contribution in [0.25, 0.3) is 11.1 Å². The van der Waals surface area contributed by atoms with Crippen LogP contribution in [0.1, 0.15) is 26.7 Å². The molecule has 1 amide bonds. The number of piperidine rings is 1. The van der Waals surface area contributed by atoms with E-state index >= 15 is 0 Å². The number of ether oxygens (including phenoxy) is 1. The number of fused-ring (bicyclic) bond motifs is 1. The number of thioether (sulfide) groups is 1. The van der Waals surface area contributed by atoms with E-state index in [2.05, 4.69) is 4.98 Å². The number of carbonyl (C=O) groups excluding carboxylic acids is 2. The van der Waals surface area contributed by atoms with Crippen LogP contribution in [0, 0.1) is 5.92 Å². The van der Waals surface area contributed by atoms with E-state index < -0.39 is 0 Å². The summed E-state index contributed by atoms with van der Waals surface area (Å²) in [4.78, 5) is 30.6. The average molecular weight is 397 g/mol. The second-order valence-corrected chi connectivity index (χ2v) is 7.93. The molecule has 1 atom stereocenters. The molecule has 1 fully saturated rings.